The maximum Gasteiger partial charge on any atom is 0.306 e. The van der Waals surface area contributed by atoms with Gasteiger partial charge >= 0.3 is 5.97 Å². The molecule has 2 rings (SSSR count). The highest BCUT2D eigenvalue weighted by molar-refractivity contribution is 8.00. The molecule has 0 bridgehead atoms. The van der Waals surface area contributed by atoms with Crippen LogP contribution in [0.4, 0.5) is 0 Å². The zero-order valence-electron chi connectivity index (χ0n) is 11.8. The van der Waals surface area contributed by atoms with E-state index < -0.39 is 5.97 Å². The van der Waals surface area contributed by atoms with Crippen molar-refractivity contribution in [3.05, 3.63) is 29.3 Å². The highest BCUT2D eigenvalue weighted by Gasteiger charge is 2.32. The van der Waals surface area contributed by atoms with E-state index in [9.17, 15) is 9.59 Å². The van der Waals surface area contributed by atoms with Crippen LogP contribution in [-0.4, -0.2) is 40.7 Å². The number of amides is 1. The largest absolute Gasteiger partial charge is 0.481 e. The van der Waals surface area contributed by atoms with E-state index in [2.05, 4.69) is 0 Å². The Bertz CT molecular complexity index is 537. The Kier molecular flexibility index (Phi) is 5.53. The SMILES string of the molecule is CC1CN(C(=O)CSc2ccccc2Cl)CCC1C(=O)O. The molecule has 1 aromatic rings. The number of nitrogens with zero attached hydrogens (tertiary/aromatic N) is 1. The predicted octanol–water partition coefficient (Wildman–Crippen LogP) is 3.00. The van der Waals surface area contributed by atoms with Gasteiger partial charge in [-0.05, 0) is 24.5 Å². The fraction of sp³-hybridized carbons (Fsp3) is 0.467. The molecule has 1 amide bonds. The summed E-state index contributed by atoms with van der Waals surface area (Å²) in [6, 6.07) is 7.43. The summed E-state index contributed by atoms with van der Waals surface area (Å²) in [5, 5.41) is 9.74. The summed E-state index contributed by atoms with van der Waals surface area (Å²) < 4.78 is 0. The third-order valence-electron chi connectivity index (χ3n) is 3.76. The van der Waals surface area contributed by atoms with Gasteiger partial charge in [0.15, 0.2) is 0 Å². The Morgan fingerprint density at radius 3 is 2.76 bits per heavy atom. The van der Waals surface area contributed by atoms with E-state index in [-0.39, 0.29) is 17.7 Å². The number of carbonyl (C=O) groups excluding carboxylic acids is 1. The van der Waals surface area contributed by atoms with Crippen LogP contribution in [0.2, 0.25) is 5.02 Å². The van der Waals surface area contributed by atoms with Gasteiger partial charge in [0.05, 0.1) is 16.7 Å². The zero-order valence-corrected chi connectivity index (χ0v) is 13.4. The van der Waals surface area contributed by atoms with Crippen LogP contribution in [0, 0.1) is 11.8 Å². The maximum atomic E-state index is 12.2. The van der Waals surface area contributed by atoms with Gasteiger partial charge in [-0.3, -0.25) is 9.59 Å². The van der Waals surface area contributed by atoms with E-state index in [1.54, 1.807) is 11.0 Å². The molecule has 0 saturated carbocycles. The van der Waals surface area contributed by atoms with Gasteiger partial charge in [-0.1, -0.05) is 30.7 Å². The molecule has 0 aromatic heterocycles. The average Bonchev–Trinajstić information content (AvgIpc) is 2.45. The lowest BCUT2D eigenvalue weighted by Crippen LogP contribution is -2.45. The van der Waals surface area contributed by atoms with E-state index in [4.69, 9.17) is 16.7 Å². The number of benzene rings is 1. The fourth-order valence-corrected chi connectivity index (χ4v) is 3.67. The second-order valence-electron chi connectivity index (χ2n) is 5.27. The van der Waals surface area contributed by atoms with E-state index >= 15 is 0 Å². The lowest BCUT2D eigenvalue weighted by atomic mass is 9.87. The molecule has 1 heterocycles. The molecule has 1 saturated heterocycles. The molecule has 0 spiro atoms. The van der Waals surface area contributed by atoms with Gasteiger partial charge < -0.3 is 10.0 Å². The van der Waals surface area contributed by atoms with Gasteiger partial charge in [-0.15, -0.1) is 11.8 Å². The molecule has 1 aliphatic heterocycles. The molecule has 114 valence electrons. The molecule has 1 fully saturated rings. The summed E-state index contributed by atoms with van der Waals surface area (Å²) in [7, 11) is 0. The average molecular weight is 328 g/mol. The topological polar surface area (TPSA) is 57.6 Å². The number of carboxylic acids is 1. The number of hydrogen-bond donors (Lipinski definition) is 1. The number of halogens is 1. The molecule has 0 aliphatic carbocycles. The monoisotopic (exact) mass is 327 g/mol. The first-order chi connectivity index (χ1) is 9.99. The summed E-state index contributed by atoms with van der Waals surface area (Å²) in [5.74, 6) is -0.750. The Morgan fingerprint density at radius 2 is 2.14 bits per heavy atom. The number of hydrogen-bond acceptors (Lipinski definition) is 3. The third kappa shape index (κ3) is 4.14. The molecule has 6 heteroatoms. The van der Waals surface area contributed by atoms with Gasteiger partial charge in [0, 0.05) is 18.0 Å². The van der Waals surface area contributed by atoms with Crippen LogP contribution in [0.25, 0.3) is 0 Å². The minimum absolute atomic E-state index is 0.00878. The molecular formula is C15H18ClNO3S. The van der Waals surface area contributed by atoms with Crippen LogP contribution in [0.5, 0.6) is 0 Å². The third-order valence-corrected chi connectivity index (χ3v) is 5.26. The smallest absolute Gasteiger partial charge is 0.306 e. The number of carboxylic acid groups (broad SMARTS) is 1. The Hall–Kier alpha value is -1.20. The standard InChI is InChI=1S/C15H18ClNO3S/c1-10-8-17(7-6-11(10)15(19)20)14(18)9-21-13-5-3-2-4-12(13)16/h2-5,10-11H,6-9H2,1H3,(H,19,20). The minimum Gasteiger partial charge on any atom is -0.481 e. The zero-order chi connectivity index (χ0) is 15.4. The maximum absolute atomic E-state index is 12.2. The van der Waals surface area contributed by atoms with Crippen molar-refractivity contribution in [3.63, 3.8) is 0 Å². The fourth-order valence-electron chi connectivity index (χ4n) is 2.53. The quantitative estimate of drug-likeness (QED) is 0.864. The number of thioether (sulfide) groups is 1. The molecule has 2 atom stereocenters. The highest BCUT2D eigenvalue weighted by atomic mass is 35.5. The van der Waals surface area contributed by atoms with Gasteiger partial charge in [0.1, 0.15) is 0 Å². The van der Waals surface area contributed by atoms with E-state index in [0.717, 1.165) is 4.90 Å². The van der Waals surface area contributed by atoms with Crippen molar-refractivity contribution in [3.8, 4) is 0 Å². The summed E-state index contributed by atoms with van der Waals surface area (Å²) in [6.07, 6.45) is 0.527. The van der Waals surface area contributed by atoms with Gasteiger partial charge in [0.25, 0.3) is 0 Å². The summed E-state index contributed by atoms with van der Waals surface area (Å²) in [4.78, 5) is 25.9. The summed E-state index contributed by atoms with van der Waals surface area (Å²) in [5.41, 5.74) is 0. The molecule has 4 nitrogen and oxygen atoms in total. The van der Waals surface area contributed by atoms with Crippen LogP contribution < -0.4 is 0 Å². The number of rotatable bonds is 4. The van der Waals surface area contributed by atoms with Crippen molar-refractivity contribution in [2.45, 2.75) is 18.2 Å². The molecule has 1 N–H and O–H groups in total. The van der Waals surface area contributed by atoms with Crippen LogP contribution >= 0.6 is 23.4 Å². The van der Waals surface area contributed by atoms with Crippen molar-refractivity contribution >= 4 is 35.2 Å². The van der Waals surface area contributed by atoms with Crippen LogP contribution in [0.1, 0.15) is 13.3 Å². The lowest BCUT2D eigenvalue weighted by molar-refractivity contribution is -0.147. The van der Waals surface area contributed by atoms with Gasteiger partial charge in [-0.25, -0.2) is 0 Å². The molecule has 1 aliphatic rings. The molecule has 2 unspecified atom stereocenters. The molecule has 1 aromatic carbocycles. The van der Waals surface area contributed by atoms with E-state index in [1.807, 2.05) is 25.1 Å². The second kappa shape index (κ2) is 7.18. The molecule has 0 radical (unpaired) electrons. The van der Waals surface area contributed by atoms with E-state index in [1.165, 1.54) is 11.8 Å². The first-order valence-electron chi connectivity index (χ1n) is 6.87. The minimum atomic E-state index is -0.764. The Balaban J connectivity index is 1.87. The van der Waals surface area contributed by atoms with Crippen LogP contribution in [-0.2, 0) is 9.59 Å². The van der Waals surface area contributed by atoms with Crippen LogP contribution in [0.3, 0.4) is 0 Å². The number of aliphatic carboxylic acids is 1. The van der Waals surface area contributed by atoms with E-state index in [0.29, 0.717) is 30.3 Å². The highest BCUT2D eigenvalue weighted by Crippen LogP contribution is 2.28. The summed E-state index contributed by atoms with van der Waals surface area (Å²) in [6.45, 7) is 2.92. The van der Waals surface area contributed by atoms with Gasteiger partial charge in [-0.2, -0.15) is 0 Å². The first-order valence-corrected chi connectivity index (χ1v) is 8.23. The predicted molar refractivity (Wildman–Crippen MR) is 83.7 cm³/mol. The molecular weight excluding hydrogens is 310 g/mol. The number of likely N-dealkylation sites (tertiary alicyclic amines) is 1. The van der Waals surface area contributed by atoms with Crippen molar-refractivity contribution in [1.29, 1.82) is 0 Å². The normalized spacial score (nSPS) is 22.1. The van der Waals surface area contributed by atoms with Crippen molar-refractivity contribution < 1.29 is 14.7 Å². The second-order valence-corrected chi connectivity index (χ2v) is 6.69. The van der Waals surface area contributed by atoms with Gasteiger partial charge in [0.2, 0.25) is 5.91 Å². The number of piperidine rings is 1. The lowest BCUT2D eigenvalue weighted by Gasteiger charge is -2.34. The molecule has 21 heavy (non-hydrogen) atoms. The van der Waals surface area contributed by atoms with Crippen LogP contribution in [0.15, 0.2) is 29.2 Å². The first kappa shape index (κ1) is 16.2. The Morgan fingerprint density at radius 1 is 1.43 bits per heavy atom. The summed E-state index contributed by atoms with van der Waals surface area (Å²) >= 11 is 7.48. The number of carbonyl (C=O) groups is 2. The Labute approximate surface area is 133 Å². The van der Waals surface area contributed by atoms with Crippen molar-refractivity contribution in [2.75, 3.05) is 18.8 Å². The van der Waals surface area contributed by atoms with Crippen molar-refractivity contribution in [1.82, 2.24) is 4.90 Å². The van der Waals surface area contributed by atoms with Crippen molar-refractivity contribution in [2.24, 2.45) is 11.8 Å².